The molecule has 2 bridgehead atoms. The molecule has 35 heavy (non-hydrogen) atoms. The van der Waals surface area contributed by atoms with Crippen molar-refractivity contribution in [2.75, 3.05) is 12.0 Å². The average Bonchev–Trinajstić information content (AvgIpc) is 3.04. The van der Waals surface area contributed by atoms with E-state index in [2.05, 4.69) is 12.2 Å². The van der Waals surface area contributed by atoms with E-state index in [-0.39, 0.29) is 30.6 Å². The second kappa shape index (κ2) is 10.5. The average molecular weight is 516 g/mol. The Balaban J connectivity index is 1.37. The number of ether oxygens (including phenoxy) is 3. The van der Waals surface area contributed by atoms with Crippen LogP contribution < -0.4 is 5.32 Å². The second-order valence-corrected chi connectivity index (χ2v) is 11.5. The minimum atomic E-state index is -1.09. The van der Waals surface area contributed by atoms with E-state index in [4.69, 9.17) is 24.0 Å². The van der Waals surface area contributed by atoms with Crippen LogP contribution in [0.25, 0.3) is 0 Å². The molecule has 5 fully saturated rings. The minimum absolute atomic E-state index is 0.0268. The lowest BCUT2D eigenvalue weighted by atomic mass is 9.58. The van der Waals surface area contributed by atoms with Crippen LogP contribution in [0.4, 0.5) is 0 Å². The number of fused-ring (bicyclic) bond motifs is 2. The van der Waals surface area contributed by atoms with Crippen molar-refractivity contribution in [3.63, 3.8) is 0 Å². The van der Waals surface area contributed by atoms with E-state index in [1.54, 1.807) is 0 Å². The summed E-state index contributed by atoms with van der Waals surface area (Å²) < 4.78 is 18.2. The first-order valence-corrected chi connectivity index (χ1v) is 13.9. The SMILES string of the molecule is CSCCC(NC(=O)CCC(=O)O[C@@H]1O[C@@H]2OC3(C)CC[C@H]4[C@H](C)CC[C@@H]([C@H]1C)C24OO3)C(=O)O. The number of nitrogens with one attached hydrogen (secondary N) is 1. The van der Waals surface area contributed by atoms with Gasteiger partial charge in [0.1, 0.15) is 6.04 Å². The third-order valence-electron chi connectivity index (χ3n) is 8.14. The molecule has 4 saturated heterocycles. The van der Waals surface area contributed by atoms with Gasteiger partial charge in [0.15, 0.2) is 11.9 Å². The standard InChI is InChI=1S/C24H37NO9S/c1-13-5-6-16-14(2)21(31-22-24(16)15(13)9-11-23(3,32-22)33-34-24)30-19(27)8-7-18(26)25-17(20(28)29)10-12-35-4/h13-17,21-22H,5-12H2,1-4H3,(H,25,26)(H,28,29)/t13-,14-,15+,16+,17?,21-,22-,23?,24?/m1/s1. The molecule has 1 amide bonds. The van der Waals surface area contributed by atoms with Crippen molar-refractivity contribution in [2.24, 2.45) is 23.7 Å². The third-order valence-corrected chi connectivity index (χ3v) is 8.79. The largest absolute Gasteiger partial charge is 0.480 e. The van der Waals surface area contributed by atoms with Crippen LogP contribution >= 0.6 is 11.8 Å². The molecule has 5 aliphatic rings. The maximum atomic E-state index is 12.6. The first kappa shape index (κ1) is 26.7. The molecule has 0 aromatic carbocycles. The molecule has 4 aliphatic heterocycles. The number of thioether (sulfide) groups is 1. The molecule has 0 aromatic heterocycles. The first-order chi connectivity index (χ1) is 16.6. The van der Waals surface area contributed by atoms with Crippen LogP contribution in [-0.4, -0.2) is 65.0 Å². The van der Waals surface area contributed by atoms with Gasteiger partial charge in [0.25, 0.3) is 0 Å². The van der Waals surface area contributed by atoms with Gasteiger partial charge >= 0.3 is 11.9 Å². The highest BCUT2D eigenvalue weighted by molar-refractivity contribution is 7.98. The summed E-state index contributed by atoms with van der Waals surface area (Å²) in [4.78, 5) is 48.1. The molecule has 198 valence electrons. The molecule has 11 heteroatoms. The number of amides is 1. The van der Waals surface area contributed by atoms with E-state index < -0.39 is 47.9 Å². The summed E-state index contributed by atoms with van der Waals surface area (Å²) in [5, 5.41) is 11.8. The van der Waals surface area contributed by atoms with Gasteiger partial charge < -0.3 is 24.6 Å². The molecule has 1 spiro atoms. The van der Waals surface area contributed by atoms with Gasteiger partial charge in [-0.1, -0.05) is 13.8 Å². The summed E-state index contributed by atoms with van der Waals surface area (Å²) in [6, 6.07) is -0.975. The Morgan fingerprint density at radius 2 is 1.91 bits per heavy atom. The Kier molecular flexibility index (Phi) is 8.02. The summed E-state index contributed by atoms with van der Waals surface area (Å²) >= 11 is 1.50. The van der Waals surface area contributed by atoms with Crippen molar-refractivity contribution in [1.29, 1.82) is 0 Å². The molecule has 9 atom stereocenters. The van der Waals surface area contributed by atoms with Gasteiger partial charge in [0.2, 0.25) is 18.0 Å². The van der Waals surface area contributed by atoms with Crippen molar-refractivity contribution in [3.05, 3.63) is 0 Å². The number of carbonyl (C=O) groups excluding carboxylic acids is 2. The highest BCUT2D eigenvalue weighted by Gasteiger charge is 2.69. The second-order valence-electron chi connectivity index (χ2n) is 10.5. The molecule has 1 saturated carbocycles. The monoisotopic (exact) mass is 515 g/mol. The lowest BCUT2D eigenvalue weighted by Gasteiger charge is -2.59. The topological polar surface area (TPSA) is 130 Å². The quantitative estimate of drug-likeness (QED) is 0.349. The normalized spacial score (nSPS) is 40.8. The fourth-order valence-electron chi connectivity index (χ4n) is 6.17. The van der Waals surface area contributed by atoms with Crippen LogP contribution in [0.15, 0.2) is 0 Å². The fraction of sp³-hybridized carbons (Fsp3) is 0.875. The van der Waals surface area contributed by atoms with Gasteiger partial charge in [0.05, 0.1) is 6.42 Å². The number of carbonyl (C=O) groups is 3. The van der Waals surface area contributed by atoms with Crippen LogP contribution in [0.3, 0.4) is 0 Å². The number of carboxylic acids is 1. The van der Waals surface area contributed by atoms with Gasteiger partial charge in [-0.15, -0.1) is 0 Å². The number of esters is 1. The molecular weight excluding hydrogens is 478 g/mol. The summed E-state index contributed by atoms with van der Waals surface area (Å²) in [5.74, 6) is -1.96. The lowest BCUT2D eigenvalue weighted by molar-refractivity contribution is -0.576. The van der Waals surface area contributed by atoms with Crippen molar-refractivity contribution in [1.82, 2.24) is 5.32 Å². The van der Waals surface area contributed by atoms with Crippen molar-refractivity contribution >= 4 is 29.6 Å². The number of hydrogen-bond donors (Lipinski definition) is 2. The summed E-state index contributed by atoms with van der Waals surface area (Å²) in [6.45, 7) is 6.05. The van der Waals surface area contributed by atoms with Gasteiger partial charge in [-0.2, -0.15) is 11.8 Å². The predicted molar refractivity (Wildman–Crippen MR) is 125 cm³/mol. The van der Waals surface area contributed by atoms with E-state index in [0.717, 1.165) is 19.3 Å². The van der Waals surface area contributed by atoms with E-state index in [9.17, 15) is 19.5 Å². The Morgan fingerprint density at radius 3 is 2.63 bits per heavy atom. The van der Waals surface area contributed by atoms with Crippen molar-refractivity contribution < 1.29 is 43.5 Å². The van der Waals surface area contributed by atoms with Crippen molar-refractivity contribution in [2.45, 2.75) is 95.7 Å². The molecule has 5 rings (SSSR count). The number of hydrogen-bond acceptors (Lipinski definition) is 9. The maximum Gasteiger partial charge on any atom is 0.326 e. The maximum absolute atomic E-state index is 12.6. The summed E-state index contributed by atoms with van der Waals surface area (Å²) in [5.41, 5.74) is -0.738. The molecule has 1 aliphatic carbocycles. The molecule has 0 aromatic rings. The van der Waals surface area contributed by atoms with E-state index >= 15 is 0 Å². The lowest BCUT2D eigenvalue weighted by Crippen LogP contribution is -2.70. The van der Waals surface area contributed by atoms with E-state index in [1.165, 1.54) is 11.8 Å². The Hall–Kier alpha value is -1.40. The first-order valence-electron chi connectivity index (χ1n) is 12.5. The summed E-state index contributed by atoms with van der Waals surface area (Å²) in [6.07, 6.45) is 3.82. The Morgan fingerprint density at radius 1 is 1.14 bits per heavy atom. The van der Waals surface area contributed by atoms with Crippen LogP contribution in [0.1, 0.15) is 65.7 Å². The molecule has 3 unspecified atom stereocenters. The van der Waals surface area contributed by atoms with Crippen LogP contribution in [-0.2, 0) is 38.4 Å². The third kappa shape index (κ3) is 5.20. The van der Waals surface area contributed by atoms with Crippen molar-refractivity contribution in [3.8, 4) is 0 Å². The smallest absolute Gasteiger partial charge is 0.326 e. The van der Waals surface area contributed by atoms with Gasteiger partial charge in [-0.3, -0.25) is 9.59 Å². The highest BCUT2D eigenvalue weighted by atomic mass is 32.2. The molecule has 10 nitrogen and oxygen atoms in total. The molecular formula is C24H37NO9S. The number of aliphatic carboxylic acids is 1. The Labute approximate surface area is 210 Å². The molecule has 0 radical (unpaired) electrons. The van der Waals surface area contributed by atoms with E-state index in [0.29, 0.717) is 24.5 Å². The molecule has 2 N–H and O–H groups in total. The zero-order valence-corrected chi connectivity index (χ0v) is 21.6. The predicted octanol–water partition coefficient (Wildman–Crippen LogP) is 2.84. The Bertz CT molecular complexity index is 827. The van der Waals surface area contributed by atoms with Crippen LogP contribution in [0.5, 0.6) is 0 Å². The zero-order valence-electron chi connectivity index (χ0n) is 20.8. The van der Waals surface area contributed by atoms with Crippen LogP contribution in [0, 0.1) is 23.7 Å². The van der Waals surface area contributed by atoms with Crippen LogP contribution in [0.2, 0.25) is 0 Å². The fourth-order valence-corrected chi connectivity index (χ4v) is 6.64. The number of carboxylic acid groups (broad SMARTS) is 1. The van der Waals surface area contributed by atoms with Gasteiger partial charge in [0, 0.05) is 24.7 Å². The van der Waals surface area contributed by atoms with Gasteiger partial charge in [-0.05, 0) is 56.5 Å². The number of rotatable bonds is 9. The minimum Gasteiger partial charge on any atom is -0.480 e. The summed E-state index contributed by atoms with van der Waals surface area (Å²) in [7, 11) is 0. The molecule has 4 heterocycles. The van der Waals surface area contributed by atoms with E-state index in [1.807, 2.05) is 20.1 Å². The highest BCUT2D eigenvalue weighted by Crippen LogP contribution is 2.60. The van der Waals surface area contributed by atoms with Gasteiger partial charge in [-0.25, -0.2) is 14.6 Å². The zero-order chi connectivity index (χ0) is 25.4.